The number of hydrogen-bond acceptors (Lipinski definition) is 4. The molecule has 5 nitrogen and oxygen atoms in total. The highest BCUT2D eigenvalue weighted by Crippen LogP contribution is 2.40. The second-order valence-corrected chi connectivity index (χ2v) is 8.85. The van der Waals surface area contributed by atoms with Gasteiger partial charge in [0, 0.05) is 42.8 Å². The molecule has 5 heteroatoms. The van der Waals surface area contributed by atoms with Crippen LogP contribution in [-0.2, 0) is 11.3 Å². The van der Waals surface area contributed by atoms with Gasteiger partial charge in [0.25, 0.3) is 5.91 Å². The second kappa shape index (κ2) is 8.23. The second-order valence-electron chi connectivity index (χ2n) is 8.85. The van der Waals surface area contributed by atoms with Crippen molar-refractivity contribution in [1.82, 2.24) is 9.88 Å². The molecule has 0 radical (unpaired) electrons. The first-order valence-electron chi connectivity index (χ1n) is 10.8. The predicted octanol–water partition coefficient (Wildman–Crippen LogP) is 4.50. The van der Waals surface area contributed by atoms with Crippen molar-refractivity contribution >= 4 is 11.6 Å². The van der Waals surface area contributed by atoms with Crippen molar-refractivity contribution in [3.8, 4) is 5.75 Å². The molecule has 2 atom stereocenters. The molecule has 0 saturated carbocycles. The summed E-state index contributed by atoms with van der Waals surface area (Å²) in [6, 6.07) is 12.7. The first-order valence-corrected chi connectivity index (χ1v) is 10.8. The number of aryl methyl sites for hydroxylation is 1. The van der Waals surface area contributed by atoms with Gasteiger partial charge in [-0.2, -0.15) is 0 Å². The maximum absolute atomic E-state index is 12.8. The van der Waals surface area contributed by atoms with E-state index in [-0.39, 0.29) is 17.6 Å². The minimum Gasteiger partial charge on any atom is -0.491 e. The van der Waals surface area contributed by atoms with Crippen molar-refractivity contribution in [2.75, 3.05) is 11.4 Å². The molecule has 0 unspecified atom stereocenters. The highest BCUT2D eigenvalue weighted by atomic mass is 16.5. The van der Waals surface area contributed by atoms with Crippen LogP contribution in [0.5, 0.6) is 5.75 Å². The molecule has 2 aliphatic rings. The lowest BCUT2D eigenvalue weighted by molar-refractivity contribution is -0.114. The van der Waals surface area contributed by atoms with Crippen LogP contribution in [0.25, 0.3) is 0 Å². The van der Waals surface area contributed by atoms with Gasteiger partial charge in [-0.25, -0.2) is 0 Å². The number of ether oxygens (including phenoxy) is 1. The molecule has 1 saturated heterocycles. The van der Waals surface area contributed by atoms with E-state index in [9.17, 15) is 4.79 Å². The van der Waals surface area contributed by atoms with E-state index in [0.717, 1.165) is 43.1 Å². The number of carbonyl (C=O) groups is 1. The average Bonchev–Trinajstić information content (AvgIpc) is 2.99. The summed E-state index contributed by atoms with van der Waals surface area (Å²) in [5, 5.41) is 0. The van der Waals surface area contributed by atoms with E-state index < -0.39 is 0 Å². The molecule has 158 valence electrons. The van der Waals surface area contributed by atoms with Crippen LogP contribution in [0.15, 0.2) is 54.7 Å². The number of benzene rings is 1. The highest BCUT2D eigenvalue weighted by molar-refractivity contribution is 6.06. The fraction of sp³-hybridized carbons (Fsp3) is 0.440. The Hall–Kier alpha value is -2.66. The smallest absolute Gasteiger partial charge is 0.251 e. The Kier molecular flexibility index (Phi) is 5.65. The lowest BCUT2D eigenvalue weighted by Crippen LogP contribution is -2.56. The van der Waals surface area contributed by atoms with Gasteiger partial charge in [0.1, 0.15) is 5.75 Å². The lowest BCUT2D eigenvalue weighted by atomic mass is 9.82. The molecular formula is C25H31N3O2. The zero-order chi connectivity index (χ0) is 21.3. The number of pyridine rings is 1. The number of rotatable bonds is 5. The maximum Gasteiger partial charge on any atom is 0.251 e. The van der Waals surface area contributed by atoms with Crippen molar-refractivity contribution in [3.63, 3.8) is 0 Å². The van der Waals surface area contributed by atoms with Crippen LogP contribution in [0.2, 0.25) is 0 Å². The molecule has 2 aliphatic heterocycles. The van der Waals surface area contributed by atoms with Gasteiger partial charge in [-0.15, -0.1) is 0 Å². The van der Waals surface area contributed by atoms with Crippen LogP contribution in [-0.4, -0.2) is 40.0 Å². The molecular weight excluding hydrogens is 374 g/mol. The van der Waals surface area contributed by atoms with Crippen LogP contribution < -0.4 is 9.64 Å². The summed E-state index contributed by atoms with van der Waals surface area (Å²) in [4.78, 5) is 21.5. The van der Waals surface area contributed by atoms with Gasteiger partial charge in [0.05, 0.1) is 11.6 Å². The molecule has 4 rings (SSSR count). The SMILES string of the molecule is Cc1cc(N2C(=O)C=C[C@]23CCN(Cc2cccc(OC(C)C)c2)[C@@H](C)C3)ccn1. The monoisotopic (exact) mass is 405 g/mol. The zero-order valence-corrected chi connectivity index (χ0v) is 18.3. The molecule has 30 heavy (non-hydrogen) atoms. The number of likely N-dealkylation sites (tertiary alicyclic amines) is 1. The first-order chi connectivity index (χ1) is 14.4. The van der Waals surface area contributed by atoms with Crippen LogP contribution in [0, 0.1) is 6.92 Å². The Labute approximate surface area is 179 Å². The minimum absolute atomic E-state index is 0.0692. The number of amides is 1. The van der Waals surface area contributed by atoms with Crippen molar-refractivity contribution in [2.45, 2.75) is 64.8 Å². The van der Waals surface area contributed by atoms with Crippen molar-refractivity contribution < 1.29 is 9.53 Å². The van der Waals surface area contributed by atoms with E-state index in [1.165, 1.54) is 5.56 Å². The van der Waals surface area contributed by atoms with Crippen molar-refractivity contribution in [3.05, 3.63) is 66.0 Å². The van der Waals surface area contributed by atoms with Gasteiger partial charge < -0.3 is 4.74 Å². The Bertz CT molecular complexity index is 955. The number of anilines is 1. The number of nitrogens with zero attached hydrogens (tertiary/aromatic N) is 3. The Morgan fingerprint density at radius 3 is 2.83 bits per heavy atom. The normalized spacial score (nSPS) is 24.2. The van der Waals surface area contributed by atoms with E-state index in [4.69, 9.17) is 4.74 Å². The molecule has 1 amide bonds. The van der Waals surface area contributed by atoms with Crippen molar-refractivity contribution in [2.24, 2.45) is 0 Å². The Morgan fingerprint density at radius 2 is 2.10 bits per heavy atom. The van der Waals surface area contributed by atoms with Gasteiger partial charge >= 0.3 is 0 Å². The maximum atomic E-state index is 12.8. The van der Waals surface area contributed by atoms with Crippen molar-refractivity contribution in [1.29, 1.82) is 0 Å². The summed E-state index contributed by atoms with van der Waals surface area (Å²) in [6.45, 7) is 10.2. The highest BCUT2D eigenvalue weighted by Gasteiger charge is 2.46. The quantitative estimate of drug-likeness (QED) is 0.735. The van der Waals surface area contributed by atoms with Gasteiger partial charge in [-0.3, -0.25) is 19.6 Å². The summed E-state index contributed by atoms with van der Waals surface area (Å²) in [7, 11) is 0. The molecule has 3 heterocycles. The fourth-order valence-corrected chi connectivity index (χ4v) is 4.76. The number of carbonyl (C=O) groups excluding carboxylic acids is 1. The molecule has 1 fully saturated rings. The fourth-order valence-electron chi connectivity index (χ4n) is 4.76. The topological polar surface area (TPSA) is 45.7 Å². The standard InChI is InChI=1S/C25H31N3O2/c1-18(2)30-23-7-5-6-21(15-23)17-27-13-11-25(16-20(27)4)10-8-24(29)28(25)22-9-12-26-19(3)14-22/h5-10,12,14-15,18,20H,11,13,16-17H2,1-4H3/t20-,25+/m0/s1. The van der Waals surface area contributed by atoms with E-state index >= 15 is 0 Å². The summed E-state index contributed by atoms with van der Waals surface area (Å²) in [6.07, 6.45) is 7.65. The van der Waals surface area contributed by atoms with Gasteiger partial charge in [-0.1, -0.05) is 18.2 Å². The molecule has 1 spiro atoms. The number of hydrogen-bond donors (Lipinski definition) is 0. The molecule has 1 aromatic heterocycles. The van der Waals surface area contributed by atoms with Gasteiger partial charge in [-0.05, 0) is 70.4 Å². The minimum atomic E-state index is -0.247. The predicted molar refractivity (Wildman–Crippen MR) is 120 cm³/mol. The third kappa shape index (κ3) is 4.12. The molecule has 0 N–H and O–H groups in total. The van der Waals surface area contributed by atoms with E-state index in [1.54, 1.807) is 12.3 Å². The van der Waals surface area contributed by atoms with E-state index in [2.05, 4.69) is 41.1 Å². The average molecular weight is 406 g/mol. The van der Waals surface area contributed by atoms with Crippen LogP contribution in [0.4, 0.5) is 5.69 Å². The van der Waals surface area contributed by atoms with Crippen LogP contribution in [0.1, 0.15) is 44.9 Å². The van der Waals surface area contributed by atoms with Gasteiger partial charge in [0.15, 0.2) is 0 Å². The summed E-state index contributed by atoms with van der Waals surface area (Å²) < 4.78 is 5.85. The lowest BCUT2D eigenvalue weighted by Gasteiger charge is -2.47. The third-order valence-corrected chi connectivity index (χ3v) is 6.10. The Balaban J connectivity index is 1.50. The largest absolute Gasteiger partial charge is 0.491 e. The van der Waals surface area contributed by atoms with E-state index in [0.29, 0.717) is 6.04 Å². The summed E-state index contributed by atoms with van der Waals surface area (Å²) in [5.74, 6) is 0.993. The molecule has 0 bridgehead atoms. The number of piperidine rings is 1. The van der Waals surface area contributed by atoms with E-state index in [1.807, 2.05) is 43.9 Å². The summed E-state index contributed by atoms with van der Waals surface area (Å²) >= 11 is 0. The molecule has 1 aromatic carbocycles. The van der Waals surface area contributed by atoms with Crippen LogP contribution >= 0.6 is 0 Å². The van der Waals surface area contributed by atoms with Crippen LogP contribution in [0.3, 0.4) is 0 Å². The molecule has 2 aromatic rings. The third-order valence-electron chi connectivity index (χ3n) is 6.10. The Morgan fingerprint density at radius 1 is 1.27 bits per heavy atom. The van der Waals surface area contributed by atoms with Gasteiger partial charge in [0.2, 0.25) is 0 Å². The molecule has 0 aliphatic carbocycles. The number of aromatic nitrogens is 1. The first kappa shape index (κ1) is 20.6. The summed E-state index contributed by atoms with van der Waals surface area (Å²) in [5.41, 5.74) is 2.88. The zero-order valence-electron chi connectivity index (χ0n) is 18.3.